The Morgan fingerprint density at radius 3 is 1.67 bits per heavy atom. The molecule has 0 fully saturated rings. The maximum atomic E-state index is 9.05. The molecule has 0 aromatic rings. The molecular formula is C7H16O2. The predicted octanol–water partition coefficient (Wildman–Crippen LogP) is 0.774. The van der Waals surface area contributed by atoms with Gasteiger partial charge >= 0.3 is 0 Å². The minimum atomic E-state index is -0.590. The van der Waals surface area contributed by atoms with E-state index in [2.05, 4.69) is 0 Å². The molecule has 0 aromatic heterocycles. The first kappa shape index (κ1) is 8.92. The Labute approximate surface area is 56.5 Å². The van der Waals surface area contributed by atoms with Crippen molar-refractivity contribution < 1.29 is 10.2 Å². The van der Waals surface area contributed by atoms with Crippen LogP contribution in [0.4, 0.5) is 0 Å². The Balaban J connectivity index is 3.38. The number of rotatable bonds is 3. The molecule has 0 aliphatic heterocycles. The average molecular weight is 132 g/mol. The van der Waals surface area contributed by atoms with Crippen LogP contribution in [0.15, 0.2) is 0 Å². The second-order valence-electron chi connectivity index (χ2n) is 2.94. The second kappa shape index (κ2) is 3.85. The zero-order valence-electron chi connectivity index (χ0n) is 6.33. The molecule has 2 nitrogen and oxygen atoms in total. The molecule has 0 aliphatic rings. The summed E-state index contributed by atoms with van der Waals surface area (Å²) in [5.74, 6) is 0.453. The minimum absolute atomic E-state index is 0.453. The third kappa shape index (κ3) is 4.43. The van der Waals surface area contributed by atoms with Gasteiger partial charge in [-0.25, -0.2) is 0 Å². The molecule has 9 heavy (non-hydrogen) atoms. The van der Waals surface area contributed by atoms with Crippen molar-refractivity contribution in [3.8, 4) is 0 Å². The van der Waals surface area contributed by atoms with Gasteiger partial charge in [0.2, 0.25) is 0 Å². The monoisotopic (exact) mass is 132 g/mol. The first-order valence-corrected chi connectivity index (χ1v) is 3.40. The highest BCUT2D eigenvalue weighted by atomic mass is 16.3. The Bertz CT molecular complexity index is 69.3. The molecule has 56 valence electrons. The lowest BCUT2D eigenvalue weighted by molar-refractivity contribution is 0.0188. The molecule has 0 aliphatic carbocycles. The standard InChI is InChI=1S/C7H16O2/c1-5(2)4-7(9)6(3)8/h5-9H,4H2,1-3H3. The summed E-state index contributed by atoms with van der Waals surface area (Å²) in [6.45, 7) is 5.64. The lowest BCUT2D eigenvalue weighted by Crippen LogP contribution is -2.23. The molecule has 2 N–H and O–H groups in total. The second-order valence-corrected chi connectivity index (χ2v) is 2.94. The molecule has 0 spiro atoms. The van der Waals surface area contributed by atoms with Gasteiger partial charge in [-0.2, -0.15) is 0 Å². The summed E-state index contributed by atoms with van der Waals surface area (Å²) in [5.41, 5.74) is 0. The van der Waals surface area contributed by atoms with E-state index in [0.717, 1.165) is 0 Å². The van der Waals surface area contributed by atoms with Gasteiger partial charge in [0.15, 0.2) is 0 Å². The van der Waals surface area contributed by atoms with Crippen LogP contribution in [0.25, 0.3) is 0 Å². The van der Waals surface area contributed by atoms with E-state index in [-0.39, 0.29) is 0 Å². The predicted molar refractivity (Wildman–Crippen MR) is 37.1 cm³/mol. The lowest BCUT2D eigenvalue weighted by Gasteiger charge is -2.14. The summed E-state index contributed by atoms with van der Waals surface area (Å²) >= 11 is 0. The zero-order valence-corrected chi connectivity index (χ0v) is 6.33. The van der Waals surface area contributed by atoms with Crippen molar-refractivity contribution in [2.45, 2.75) is 39.4 Å². The molecule has 0 saturated carbocycles. The van der Waals surface area contributed by atoms with Crippen LogP contribution >= 0.6 is 0 Å². The van der Waals surface area contributed by atoms with Crippen LogP contribution < -0.4 is 0 Å². The van der Waals surface area contributed by atoms with Gasteiger partial charge in [-0.3, -0.25) is 0 Å². The van der Waals surface area contributed by atoms with Gasteiger partial charge in [0.05, 0.1) is 12.2 Å². The number of hydrogen-bond donors (Lipinski definition) is 2. The van der Waals surface area contributed by atoms with Gasteiger partial charge in [0.1, 0.15) is 0 Å². The van der Waals surface area contributed by atoms with E-state index in [1.54, 1.807) is 6.92 Å². The minimum Gasteiger partial charge on any atom is -0.391 e. The first-order chi connectivity index (χ1) is 4.04. The van der Waals surface area contributed by atoms with Gasteiger partial charge in [-0.05, 0) is 19.3 Å². The van der Waals surface area contributed by atoms with E-state index in [1.807, 2.05) is 13.8 Å². The first-order valence-electron chi connectivity index (χ1n) is 3.40. The molecule has 0 heterocycles. The topological polar surface area (TPSA) is 40.5 Å². The van der Waals surface area contributed by atoms with Crippen molar-refractivity contribution in [2.75, 3.05) is 0 Å². The largest absolute Gasteiger partial charge is 0.391 e. The van der Waals surface area contributed by atoms with Crippen LogP contribution in [0.3, 0.4) is 0 Å². The average Bonchev–Trinajstić information content (AvgIpc) is 1.63. The summed E-state index contributed by atoms with van der Waals surface area (Å²) in [6, 6.07) is 0. The third-order valence-electron chi connectivity index (χ3n) is 1.27. The molecule has 0 aromatic carbocycles. The molecule has 0 rings (SSSR count). The van der Waals surface area contributed by atoms with E-state index in [4.69, 9.17) is 10.2 Å². The fraction of sp³-hybridized carbons (Fsp3) is 1.00. The van der Waals surface area contributed by atoms with Crippen LogP contribution in [0.5, 0.6) is 0 Å². The van der Waals surface area contributed by atoms with Crippen molar-refractivity contribution in [1.29, 1.82) is 0 Å². The molecule has 2 unspecified atom stereocenters. The van der Waals surface area contributed by atoms with E-state index in [1.165, 1.54) is 0 Å². The highest BCUT2D eigenvalue weighted by Crippen LogP contribution is 2.06. The number of aliphatic hydroxyl groups is 2. The van der Waals surface area contributed by atoms with E-state index >= 15 is 0 Å². The number of aliphatic hydroxyl groups excluding tert-OH is 2. The zero-order chi connectivity index (χ0) is 7.44. The Hall–Kier alpha value is -0.0800. The van der Waals surface area contributed by atoms with Gasteiger partial charge in [0.25, 0.3) is 0 Å². The smallest absolute Gasteiger partial charge is 0.0798 e. The summed E-state index contributed by atoms with van der Waals surface area (Å²) in [5, 5.41) is 17.9. The van der Waals surface area contributed by atoms with Gasteiger partial charge in [0, 0.05) is 0 Å². The highest BCUT2D eigenvalue weighted by Gasteiger charge is 2.11. The van der Waals surface area contributed by atoms with Gasteiger partial charge in [-0.1, -0.05) is 13.8 Å². The molecule has 2 heteroatoms. The van der Waals surface area contributed by atoms with Crippen LogP contribution in [-0.4, -0.2) is 22.4 Å². The quantitative estimate of drug-likeness (QED) is 0.595. The molecule has 0 radical (unpaired) electrons. The van der Waals surface area contributed by atoms with E-state index < -0.39 is 12.2 Å². The number of hydrogen-bond acceptors (Lipinski definition) is 2. The fourth-order valence-electron chi connectivity index (χ4n) is 0.680. The highest BCUT2D eigenvalue weighted by molar-refractivity contribution is 4.63. The molecule has 2 atom stereocenters. The van der Waals surface area contributed by atoms with Crippen molar-refractivity contribution in [2.24, 2.45) is 5.92 Å². The lowest BCUT2D eigenvalue weighted by atomic mass is 10.0. The molecule has 0 saturated heterocycles. The van der Waals surface area contributed by atoms with Crippen LogP contribution in [-0.2, 0) is 0 Å². The molecule has 0 bridgehead atoms. The SMILES string of the molecule is CC(C)CC(O)C(C)O. The Morgan fingerprint density at radius 2 is 1.56 bits per heavy atom. The molecular weight excluding hydrogens is 116 g/mol. The van der Waals surface area contributed by atoms with E-state index in [0.29, 0.717) is 12.3 Å². The maximum absolute atomic E-state index is 9.05. The third-order valence-corrected chi connectivity index (χ3v) is 1.27. The molecule has 0 amide bonds. The van der Waals surface area contributed by atoms with Crippen molar-refractivity contribution >= 4 is 0 Å². The van der Waals surface area contributed by atoms with E-state index in [9.17, 15) is 0 Å². The normalized spacial score (nSPS) is 18.0. The van der Waals surface area contributed by atoms with Crippen LogP contribution in [0, 0.1) is 5.92 Å². The van der Waals surface area contributed by atoms with Gasteiger partial charge in [-0.15, -0.1) is 0 Å². The van der Waals surface area contributed by atoms with Crippen LogP contribution in [0.1, 0.15) is 27.2 Å². The van der Waals surface area contributed by atoms with Crippen molar-refractivity contribution in [3.05, 3.63) is 0 Å². The van der Waals surface area contributed by atoms with Crippen LogP contribution in [0.2, 0.25) is 0 Å². The van der Waals surface area contributed by atoms with Crippen molar-refractivity contribution in [3.63, 3.8) is 0 Å². The summed E-state index contributed by atoms with van der Waals surface area (Å²) in [6.07, 6.45) is -0.463. The Kier molecular flexibility index (Phi) is 3.82. The van der Waals surface area contributed by atoms with Crippen molar-refractivity contribution in [1.82, 2.24) is 0 Å². The fourth-order valence-corrected chi connectivity index (χ4v) is 0.680. The maximum Gasteiger partial charge on any atom is 0.0798 e. The summed E-state index contributed by atoms with van der Waals surface area (Å²) < 4.78 is 0. The van der Waals surface area contributed by atoms with Gasteiger partial charge < -0.3 is 10.2 Å². The Morgan fingerprint density at radius 1 is 1.11 bits per heavy atom. The summed E-state index contributed by atoms with van der Waals surface area (Å²) in [4.78, 5) is 0. The summed E-state index contributed by atoms with van der Waals surface area (Å²) in [7, 11) is 0.